The zero-order valence-corrected chi connectivity index (χ0v) is 18.7. The number of amides is 1. The molecule has 0 saturated heterocycles. The summed E-state index contributed by atoms with van der Waals surface area (Å²) in [7, 11) is 0. The van der Waals surface area contributed by atoms with Crippen molar-refractivity contribution < 1.29 is 9.53 Å². The third-order valence-electron chi connectivity index (χ3n) is 4.84. The van der Waals surface area contributed by atoms with E-state index < -0.39 is 5.91 Å². The molecule has 2 heterocycles. The number of hydrogen-bond donors (Lipinski definition) is 2. The van der Waals surface area contributed by atoms with Gasteiger partial charge < -0.3 is 15.8 Å². The molecule has 1 amide bonds. The van der Waals surface area contributed by atoms with Gasteiger partial charge in [-0.3, -0.25) is 4.79 Å². The number of nitrogens with zero attached hydrogens (tertiary/aromatic N) is 2. The quantitative estimate of drug-likeness (QED) is 0.357. The highest BCUT2D eigenvalue weighted by Crippen LogP contribution is 2.40. The standard InChI is InChI=1S/C25H24N4O2S/c1-16(2)24-29-22(17-8-4-3-5-9-17)25(32-24)31-19-12-13-27-21(14-19)28-15-18-10-6-7-11-20(18)23(26)30/h3-14,16H,15H2,1-2H3,(H2,26,30)(H,27,28). The van der Waals surface area contributed by atoms with E-state index in [9.17, 15) is 4.79 Å². The molecule has 3 N–H and O–H groups in total. The highest BCUT2D eigenvalue weighted by atomic mass is 32.1. The molecule has 0 bridgehead atoms. The molecule has 0 saturated carbocycles. The number of rotatable bonds is 8. The molecule has 4 aromatic rings. The van der Waals surface area contributed by atoms with E-state index in [1.54, 1.807) is 29.7 Å². The Balaban J connectivity index is 1.56. The normalized spacial score (nSPS) is 10.8. The first-order valence-electron chi connectivity index (χ1n) is 10.3. The fraction of sp³-hybridized carbons (Fsp3) is 0.160. The van der Waals surface area contributed by atoms with Crippen LogP contribution in [0.25, 0.3) is 11.3 Å². The predicted octanol–water partition coefficient (Wildman–Crippen LogP) is 5.83. The summed E-state index contributed by atoms with van der Waals surface area (Å²) in [6.07, 6.45) is 1.68. The van der Waals surface area contributed by atoms with Gasteiger partial charge in [0.15, 0.2) is 0 Å². The maximum absolute atomic E-state index is 11.6. The van der Waals surface area contributed by atoms with Gasteiger partial charge in [-0.15, -0.1) is 0 Å². The Bertz CT molecular complexity index is 1220. The summed E-state index contributed by atoms with van der Waals surface area (Å²) in [5.41, 5.74) is 8.62. The molecule has 2 aromatic heterocycles. The summed E-state index contributed by atoms with van der Waals surface area (Å²) in [6.45, 7) is 4.66. The van der Waals surface area contributed by atoms with Crippen molar-refractivity contribution >= 4 is 23.1 Å². The molecular formula is C25H24N4O2S. The number of hydrogen-bond acceptors (Lipinski definition) is 6. The van der Waals surface area contributed by atoms with Crippen molar-refractivity contribution in [2.24, 2.45) is 5.73 Å². The van der Waals surface area contributed by atoms with Crippen molar-refractivity contribution in [3.8, 4) is 22.1 Å². The SMILES string of the molecule is CC(C)c1nc(-c2ccccc2)c(Oc2ccnc(NCc3ccccc3C(N)=O)c2)s1. The van der Waals surface area contributed by atoms with Gasteiger partial charge in [0.2, 0.25) is 11.0 Å². The maximum Gasteiger partial charge on any atom is 0.249 e. The fourth-order valence-corrected chi connectivity index (χ4v) is 4.16. The highest BCUT2D eigenvalue weighted by molar-refractivity contribution is 7.14. The second-order valence-corrected chi connectivity index (χ2v) is 8.56. The van der Waals surface area contributed by atoms with E-state index in [-0.39, 0.29) is 0 Å². The van der Waals surface area contributed by atoms with Crippen molar-refractivity contribution in [2.75, 3.05) is 5.32 Å². The Labute approximate surface area is 191 Å². The minimum absolute atomic E-state index is 0.305. The van der Waals surface area contributed by atoms with Crippen LogP contribution in [-0.2, 0) is 6.54 Å². The molecule has 162 valence electrons. The minimum atomic E-state index is -0.452. The molecule has 0 atom stereocenters. The molecule has 0 unspecified atom stereocenters. The van der Waals surface area contributed by atoms with E-state index in [1.807, 2.05) is 54.6 Å². The topological polar surface area (TPSA) is 90.1 Å². The van der Waals surface area contributed by atoms with Crippen molar-refractivity contribution in [1.82, 2.24) is 9.97 Å². The first kappa shape index (κ1) is 21.5. The number of nitrogens with two attached hydrogens (primary N) is 1. The number of benzene rings is 2. The van der Waals surface area contributed by atoms with E-state index in [0.29, 0.717) is 29.6 Å². The first-order chi connectivity index (χ1) is 15.5. The van der Waals surface area contributed by atoms with Crippen LogP contribution in [-0.4, -0.2) is 15.9 Å². The molecule has 0 aliphatic rings. The number of thiazole rings is 1. The zero-order valence-electron chi connectivity index (χ0n) is 17.9. The summed E-state index contributed by atoms with van der Waals surface area (Å²) in [6, 6.07) is 20.9. The number of nitrogens with one attached hydrogen (secondary N) is 1. The summed E-state index contributed by atoms with van der Waals surface area (Å²) in [4.78, 5) is 20.8. The molecule has 6 nitrogen and oxygen atoms in total. The van der Waals surface area contributed by atoms with Gasteiger partial charge in [-0.2, -0.15) is 0 Å². The van der Waals surface area contributed by atoms with Crippen LogP contribution in [0, 0.1) is 0 Å². The summed E-state index contributed by atoms with van der Waals surface area (Å²) < 4.78 is 6.25. The van der Waals surface area contributed by atoms with E-state index in [0.717, 1.165) is 26.9 Å². The highest BCUT2D eigenvalue weighted by Gasteiger charge is 2.17. The van der Waals surface area contributed by atoms with Crippen molar-refractivity contribution in [1.29, 1.82) is 0 Å². The Kier molecular flexibility index (Phi) is 6.47. The number of ether oxygens (including phenoxy) is 1. The van der Waals surface area contributed by atoms with Crippen LogP contribution >= 0.6 is 11.3 Å². The number of primary amides is 1. The number of pyridine rings is 1. The van der Waals surface area contributed by atoms with Crippen LogP contribution in [0.15, 0.2) is 72.9 Å². The van der Waals surface area contributed by atoms with Crippen LogP contribution in [0.4, 0.5) is 5.82 Å². The molecular weight excluding hydrogens is 420 g/mol. The lowest BCUT2D eigenvalue weighted by molar-refractivity contribution is 0.0999. The fourth-order valence-electron chi connectivity index (χ4n) is 3.20. The van der Waals surface area contributed by atoms with Gasteiger partial charge in [0.1, 0.15) is 17.3 Å². The lowest BCUT2D eigenvalue weighted by atomic mass is 10.1. The lowest BCUT2D eigenvalue weighted by Gasteiger charge is -2.10. The van der Waals surface area contributed by atoms with Crippen molar-refractivity contribution in [3.63, 3.8) is 0 Å². The average Bonchev–Trinajstić information content (AvgIpc) is 3.23. The number of carbonyl (C=O) groups is 1. The van der Waals surface area contributed by atoms with Crippen LogP contribution < -0.4 is 15.8 Å². The molecule has 7 heteroatoms. The molecule has 0 aliphatic heterocycles. The van der Waals surface area contributed by atoms with Crippen molar-refractivity contribution in [3.05, 3.63) is 89.1 Å². The second kappa shape index (κ2) is 9.62. The van der Waals surface area contributed by atoms with Gasteiger partial charge in [-0.05, 0) is 17.7 Å². The molecule has 0 spiro atoms. The number of carbonyl (C=O) groups excluding carboxylic acids is 1. The van der Waals surface area contributed by atoms with E-state index in [4.69, 9.17) is 15.5 Å². The van der Waals surface area contributed by atoms with Gasteiger partial charge in [0, 0.05) is 35.9 Å². The van der Waals surface area contributed by atoms with E-state index in [2.05, 4.69) is 24.1 Å². The molecule has 32 heavy (non-hydrogen) atoms. The smallest absolute Gasteiger partial charge is 0.249 e. The van der Waals surface area contributed by atoms with Gasteiger partial charge in [0.05, 0.1) is 5.01 Å². The maximum atomic E-state index is 11.6. The van der Waals surface area contributed by atoms with Gasteiger partial charge >= 0.3 is 0 Å². The van der Waals surface area contributed by atoms with Gasteiger partial charge in [-0.1, -0.05) is 73.7 Å². The molecule has 0 aliphatic carbocycles. The summed E-state index contributed by atoms with van der Waals surface area (Å²) in [5, 5.41) is 5.01. The first-order valence-corrected chi connectivity index (χ1v) is 11.1. The lowest BCUT2D eigenvalue weighted by Crippen LogP contribution is -2.15. The predicted molar refractivity (Wildman–Crippen MR) is 128 cm³/mol. The summed E-state index contributed by atoms with van der Waals surface area (Å²) >= 11 is 1.55. The van der Waals surface area contributed by atoms with E-state index in [1.165, 1.54) is 0 Å². The summed E-state index contributed by atoms with van der Waals surface area (Å²) in [5.74, 6) is 1.14. The average molecular weight is 445 g/mol. The Morgan fingerprint density at radius 2 is 1.84 bits per heavy atom. The largest absolute Gasteiger partial charge is 0.444 e. The van der Waals surface area contributed by atoms with Gasteiger partial charge in [0.25, 0.3) is 0 Å². The van der Waals surface area contributed by atoms with E-state index >= 15 is 0 Å². The monoisotopic (exact) mass is 444 g/mol. The van der Waals surface area contributed by atoms with Gasteiger partial charge in [-0.25, -0.2) is 9.97 Å². The Hall–Kier alpha value is -3.71. The Morgan fingerprint density at radius 1 is 1.09 bits per heavy atom. The molecule has 0 fully saturated rings. The number of anilines is 1. The van der Waals surface area contributed by atoms with Crippen LogP contribution in [0.3, 0.4) is 0 Å². The third kappa shape index (κ3) is 4.95. The van der Waals surface area contributed by atoms with Crippen molar-refractivity contribution in [2.45, 2.75) is 26.3 Å². The van der Waals surface area contributed by atoms with Crippen LogP contribution in [0.2, 0.25) is 0 Å². The zero-order chi connectivity index (χ0) is 22.5. The third-order valence-corrected chi connectivity index (χ3v) is 6.07. The van der Waals surface area contributed by atoms with Crippen LogP contribution in [0.1, 0.15) is 40.7 Å². The Morgan fingerprint density at radius 3 is 2.59 bits per heavy atom. The van der Waals surface area contributed by atoms with Crippen LogP contribution in [0.5, 0.6) is 10.8 Å². The number of aromatic nitrogens is 2. The second-order valence-electron chi connectivity index (χ2n) is 7.56. The molecule has 2 aromatic carbocycles. The molecule has 4 rings (SSSR count). The minimum Gasteiger partial charge on any atom is -0.444 e. The molecule has 0 radical (unpaired) electrons.